The average Bonchev–Trinajstić information content (AvgIpc) is 3.02. The molecule has 0 aliphatic rings. The van der Waals surface area contributed by atoms with Gasteiger partial charge in [0.25, 0.3) is 5.91 Å². The highest BCUT2D eigenvalue weighted by molar-refractivity contribution is 7.80. The highest BCUT2D eigenvalue weighted by Crippen LogP contribution is 2.28. The van der Waals surface area contributed by atoms with Crippen LogP contribution in [0.2, 0.25) is 10.0 Å². The molecule has 0 spiro atoms. The molecule has 0 aliphatic heterocycles. The number of halogens is 2. The highest BCUT2D eigenvalue weighted by Gasteiger charge is 2.13. The van der Waals surface area contributed by atoms with E-state index in [9.17, 15) is 9.59 Å². The van der Waals surface area contributed by atoms with Gasteiger partial charge in [0.15, 0.2) is 10.2 Å². The van der Waals surface area contributed by atoms with E-state index in [2.05, 4.69) is 20.9 Å². The molecule has 1 aromatic heterocycles. The second kappa shape index (κ2) is 8.83. The van der Waals surface area contributed by atoms with Gasteiger partial charge in [-0.15, -0.1) is 0 Å². The van der Waals surface area contributed by atoms with Crippen molar-refractivity contribution in [2.75, 3.05) is 10.6 Å². The number of nitrogens with one attached hydrogen (secondary N) is 3. The average molecular weight is 453 g/mol. The predicted octanol–water partition coefficient (Wildman–Crippen LogP) is 5.08. The summed E-state index contributed by atoms with van der Waals surface area (Å²) in [6.45, 7) is 1.77. The Bertz CT molecular complexity index is 1080. The molecule has 0 bridgehead atoms. The number of carbonyl (C=O) groups is 2. The van der Waals surface area contributed by atoms with Crippen LogP contribution in [0.15, 0.2) is 36.4 Å². The van der Waals surface area contributed by atoms with E-state index in [1.807, 2.05) is 6.07 Å². The minimum atomic E-state index is -0.442. The lowest BCUT2D eigenvalue weighted by atomic mass is 10.2. The largest absolute Gasteiger partial charge is 0.332 e. The predicted molar refractivity (Wildman–Crippen MR) is 119 cm³/mol. The summed E-state index contributed by atoms with van der Waals surface area (Å²) in [5, 5.41) is 9.60. The summed E-state index contributed by atoms with van der Waals surface area (Å²) in [5.74, 6) is -0.537. The van der Waals surface area contributed by atoms with Crippen LogP contribution in [0.4, 0.5) is 10.8 Å². The molecule has 144 valence electrons. The summed E-state index contributed by atoms with van der Waals surface area (Å²) in [6.07, 6.45) is 0.383. The first kappa shape index (κ1) is 20.5. The zero-order valence-electron chi connectivity index (χ0n) is 14.5. The molecule has 0 aliphatic carbocycles. The normalized spacial score (nSPS) is 10.5. The number of anilines is 2. The zero-order valence-corrected chi connectivity index (χ0v) is 17.7. The Kier molecular flexibility index (Phi) is 6.46. The maximum absolute atomic E-state index is 12.3. The van der Waals surface area contributed by atoms with Gasteiger partial charge >= 0.3 is 0 Å². The Hall–Kier alpha value is -2.26. The van der Waals surface area contributed by atoms with Crippen LogP contribution in [0.5, 0.6) is 0 Å². The fourth-order valence-electron chi connectivity index (χ4n) is 2.27. The number of hydrogen-bond acceptors (Lipinski definition) is 5. The van der Waals surface area contributed by atoms with Crippen LogP contribution in [0, 0.1) is 0 Å². The Balaban J connectivity index is 1.68. The first-order valence-electron chi connectivity index (χ1n) is 8.13. The van der Waals surface area contributed by atoms with Crippen LogP contribution in [-0.4, -0.2) is 21.9 Å². The van der Waals surface area contributed by atoms with Gasteiger partial charge in [0, 0.05) is 17.1 Å². The number of rotatable bonds is 4. The van der Waals surface area contributed by atoms with E-state index in [1.165, 1.54) is 23.5 Å². The van der Waals surface area contributed by atoms with Crippen molar-refractivity contribution in [3.05, 3.63) is 52.0 Å². The summed E-state index contributed by atoms with van der Waals surface area (Å²) in [4.78, 5) is 28.2. The molecule has 1 heterocycles. The third-order valence-corrected chi connectivity index (χ3v) is 5.30. The molecule has 6 nitrogen and oxygen atoms in total. The topological polar surface area (TPSA) is 83.1 Å². The number of hydrogen-bond donors (Lipinski definition) is 3. The van der Waals surface area contributed by atoms with E-state index in [0.29, 0.717) is 22.3 Å². The standard InChI is InChI=1S/C18H14Cl2N4O2S2/c1-2-15(25)23-18-22-13-6-4-10(8-14(13)28-18)21-17(27)24-16(26)11-5-3-9(19)7-12(11)20/h3-8H,2H2,1H3,(H,22,23,25)(H2,21,24,26,27). The Morgan fingerprint density at radius 1 is 1.14 bits per heavy atom. The first-order chi connectivity index (χ1) is 13.4. The molecule has 3 rings (SSSR count). The van der Waals surface area contributed by atoms with Gasteiger partial charge in [-0.3, -0.25) is 14.9 Å². The number of benzene rings is 2. The van der Waals surface area contributed by atoms with Crippen molar-refractivity contribution in [1.82, 2.24) is 10.3 Å². The van der Waals surface area contributed by atoms with E-state index in [4.69, 9.17) is 35.4 Å². The quantitative estimate of drug-likeness (QED) is 0.480. The third-order valence-electron chi connectivity index (χ3n) is 3.62. The summed E-state index contributed by atoms with van der Waals surface area (Å²) in [5.41, 5.74) is 1.70. The molecule has 3 aromatic rings. The number of nitrogens with zero attached hydrogens (tertiary/aromatic N) is 1. The third kappa shape index (κ3) is 4.96. The van der Waals surface area contributed by atoms with Crippen molar-refractivity contribution in [2.24, 2.45) is 0 Å². The van der Waals surface area contributed by atoms with Crippen molar-refractivity contribution < 1.29 is 9.59 Å². The van der Waals surface area contributed by atoms with Crippen LogP contribution < -0.4 is 16.0 Å². The lowest BCUT2D eigenvalue weighted by Gasteiger charge is -2.10. The molecule has 0 saturated heterocycles. The van der Waals surface area contributed by atoms with Gasteiger partial charge in [-0.05, 0) is 48.6 Å². The smallest absolute Gasteiger partial charge is 0.258 e. The molecule has 3 N–H and O–H groups in total. The van der Waals surface area contributed by atoms with Crippen molar-refractivity contribution in [2.45, 2.75) is 13.3 Å². The van der Waals surface area contributed by atoms with Gasteiger partial charge in [-0.2, -0.15) is 0 Å². The highest BCUT2D eigenvalue weighted by atomic mass is 35.5. The van der Waals surface area contributed by atoms with Gasteiger partial charge in [0.1, 0.15) is 0 Å². The molecular weight excluding hydrogens is 439 g/mol. The lowest BCUT2D eigenvalue weighted by molar-refractivity contribution is -0.115. The Morgan fingerprint density at radius 2 is 1.93 bits per heavy atom. The summed E-state index contributed by atoms with van der Waals surface area (Å²) in [6, 6.07) is 10.0. The van der Waals surface area contributed by atoms with Crippen LogP contribution >= 0.6 is 46.8 Å². The monoisotopic (exact) mass is 452 g/mol. The second-order valence-electron chi connectivity index (χ2n) is 5.64. The van der Waals surface area contributed by atoms with Crippen molar-refractivity contribution >= 4 is 84.7 Å². The van der Waals surface area contributed by atoms with E-state index in [-0.39, 0.29) is 21.6 Å². The molecule has 0 unspecified atom stereocenters. The number of amides is 2. The number of carbonyl (C=O) groups excluding carboxylic acids is 2. The number of thiocarbonyl (C=S) groups is 1. The second-order valence-corrected chi connectivity index (χ2v) is 7.92. The fraction of sp³-hybridized carbons (Fsp3) is 0.111. The van der Waals surface area contributed by atoms with Crippen LogP contribution in [0.3, 0.4) is 0 Å². The van der Waals surface area contributed by atoms with Crippen molar-refractivity contribution in [3.8, 4) is 0 Å². The maximum Gasteiger partial charge on any atom is 0.258 e. The van der Waals surface area contributed by atoms with Gasteiger partial charge in [0.2, 0.25) is 5.91 Å². The molecule has 10 heteroatoms. The van der Waals surface area contributed by atoms with Gasteiger partial charge in [-0.25, -0.2) is 4.98 Å². The zero-order chi connectivity index (χ0) is 20.3. The number of aromatic nitrogens is 1. The van der Waals surface area contributed by atoms with Crippen LogP contribution in [0.1, 0.15) is 23.7 Å². The van der Waals surface area contributed by atoms with Gasteiger partial charge in [-0.1, -0.05) is 41.5 Å². The molecule has 0 atom stereocenters. The minimum absolute atomic E-state index is 0.0952. The maximum atomic E-state index is 12.3. The molecule has 0 radical (unpaired) electrons. The Morgan fingerprint density at radius 3 is 2.64 bits per heavy atom. The van der Waals surface area contributed by atoms with E-state index >= 15 is 0 Å². The summed E-state index contributed by atoms with van der Waals surface area (Å²) >= 11 is 18.4. The molecule has 0 saturated carbocycles. The van der Waals surface area contributed by atoms with Crippen LogP contribution in [-0.2, 0) is 4.79 Å². The number of thiazole rings is 1. The summed E-state index contributed by atoms with van der Waals surface area (Å²) in [7, 11) is 0. The molecule has 2 aromatic carbocycles. The number of fused-ring (bicyclic) bond motifs is 1. The fourth-order valence-corrected chi connectivity index (χ4v) is 3.90. The van der Waals surface area contributed by atoms with E-state index < -0.39 is 5.91 Å². The van der Waals surface area contributed by atoms with E-state index in [1.54, 1.807) is 25.1 Å². The van der Waals surface area contributed by atoms with Crippen molar-refractivity contribution in [1.29, 1.82) is 0 Å². The van der Waals surface area contributed by atoms with Gasteiger partial charge in [0.05, 0.1) is 20.8 Å². The molecular formula is C18H14Cl2N4O2S2. The molecule has 0 fully saturated rings. The summed E-state index contributed by atoms with van der Waals surface area (Å²) < 4.78 is 0.867. The van der Waals surface area contributed by atoms with Crippen LogP contribution in [0.25, 0.3) is 10.2 Å². The van der Waals surface area contributed by atoms with Gasteiger partial charge < -0.3 is 10.6 Å². The van der Waals surface area contributed by atoms with E-state index in [0.717, 1.165) is 10.2 Å². The Labute approximate surface area is 180 Å². The SMILES string of the molecule is CCC(=O)Nc1nc2ccc(NC(=S)NC(=O)c3ccc(Cl)cc3Cl)cc2s1. The minimum Gasteiger partial charge on any atom is -0.332 e. The molecule has 28 heavy (non-hydrogen) atoms. The molecule has 2 amide bonds. The lowest BCUT2D eigenvalue weighted by Crippen LogP contribution is -2.34. The van der Waals surface area contributed by atoms with Crippen molar-refractivity contribution in [3.63, 3.8) is 0 Å². The first-order valence-corrected chi connectivity index (χ1v) is 10.1.